The van der Waals surface area contributed by atoms with Crippen molar-refractivity contribution < 1.29 is 33.3 Å². The zero-order chi connectivity index (χ0) is 33.6. The van der Waals surface area contributed by atoms with E-state index >= 15 is 0 Å². The molecule has 1 atom stereocenters. The third kappa shape index (κ3) is 6.47. The summed E-state index contributed by atoms with van der Waals surface area (Å²) >= 11 is 0. The number of nitrogens with zero attached hydrogens (tertiary/aromatic N) is 3. The van der Waals surface area contributed by atoms with Gasteiger partial charge >= 0.3 is 18.2 Å². The van der Waals surface area contributed by atoms with Crippen LogP contribution >= 0.6 is 0 Å². The number of nitrogens with one attached hydrogen (secondary N) is 1. The smallest absolute Gasteiger partial charge is 0.419 e. The van der Waals surface area contributed by atoms with Crippen molar-refractivity contribution in [1.29, 1.82) is 0 Å². The predicted molar refractivity (Wildman–Crippen MR) is 176 cm³/mol. The Balaban J connectivity index is 1.60. The first kappa shape index (κ1) is 33.0. The van der Waals surface area contributed by atoms with Crippen molar-refractivity contribution in [3.63, 3.8) is 0 Å². The van der Waals surface area contributed by atoms with Gasteiger partial charge in [-0.2, -0.15) is 0 Å². The van der Waals surface area contributed by atoms with Gasteiger partial charge in [0.15, 0.2) is 0 Å². The van der Waals surface area contributed by atoms with Crippen LogP contribution in [0.4, 0.5) is 9.59 Å². The van der Waals surface area contributed by atoms with Gasteiger partial charge in [-0.05, 0) is 83.9 Å². The molecule has 1 unspecified atom stereocenters. The van der Waals surface area contributed by atoms with Crippen molar-refractivity contribution in [2.24, 2.45) is 0 Å². The highest BCUT2D eigenvalue weighted by Crippen LogP contribution is 2.38. The molecule has 246 valence electrons. The van der Waals surface area contributed by atoms with Crippen molar-refractivity contribution in [2.75, 3.05) is 33.9 Å². The molecule has 0 spiro atoms. The van der Waals surface area contributed by atoms with E-state index in [-0.39, 0.29) is 11.6 Å². The summed E-state index contributed by atoms with van der Waals surface area (Å²) < 4.78 is 25.3. The van der Waals surface area contributed by atoms with E-state index in [4.69, 9.17) is 18.9 Å². The molecule has 46 heavy (non-hydrogen) atoms. The van der Waals surface area contributed by atoms with Crippen LogP contribution in [0, 0.1) is 6.92 Å². The molecule has 4 aromatic rings. The molecule has 0 aliphatic carbocycles. The fraction of sp³-hybridized carbons (Fsp3) is 0.457. The Morgan fingerprint density at radius 1 is 0.870 bits per heavy atom. The predicted octanol–water partition coefficient (Wildman–Crippen LogP) is 6.41. The normalized spacial score (nSPS) is 16.1. The summed E-state index contributed by atoms with van der Waals surface area (Å²) in [6.07, 6.45) is 2.37. The first-order chi connectivity index (χ1) is 21.6. The van der Waals surface area contributed by atoms with E-state index in [9.17, 15) is 14.4 Å². The minimum absolute atomic E-state index is 0.119. The Labute approximate surface area is 269 Å². The molecule has 1 saturated heterocycles. The fourth-order valence-corrected chi connectivity index (χ4v) is 6.13. The van der Waals surface area contributed by atoms with Crippen LogP contribution in [-0.2, 0) is 20.8 Å². The fourth-order valence-electron chi connectivity index (χ4n) is 6.13. The molecule has 0 radical (unpaired) electrons. The van der Waals surface area contributed by atoms with Crippen LogP contribution in [0.3, 0.4) is 0 Å². The summed E-state index contributed by atoms with van der Waals surface area (Å²) in [6, 6.07) is 9.26. The average molecular weight is 633 g/mol. The molecule has 3 heterocycles. The number of methoxy groups -OCH3 is 2. The highest BCUT2D eigenvalue weighted by atomic mass is 16.6. The van der Waals surface area contributed by atoms with Gasteiger partial charge in [-0.15, -0.1) is 0 Å². The van der Waals surface area contributed by atoms with E-state index in [1.807, 2.05) is 52.0 Å². The number of aromatic nitrogens is 2. The first-order valence-corrected chi connectivity index (χ1v) is 15.4. The summed E-state index contributed by atoms with van der Waals surface area (Å²) in [5.74, 6) is 0.187. The average Bonchev–Trinajstić information content (AvgIpc) is 3.62. The number of esters is 1. The summed E-state index contributed by atoms with van der Waals surface area (Å²) in [4.78, 5) is 41.6. The molecule has 2 aromatic carbocycles. The van der Waals surface area contributed by atoms with Crippen LogP contribution in [-0.4, -0.2) is 77.2 Å². The highest BCUT2D eigenvalue weighted by Gasteiger charge is 2.31. The monoisotopic (exact) mass is 632 g/mol. The second kappa shape index (κ2) is 12.4. The lowest BCUT2D eigenvalue weighted by Crippen LogP contribution is -2.45. The second-order valence-electron chi connectivity index (χ2n) is 13.6. The molecule has 0 bridgehead atoms. The largest absolute Gasteiger partial charge is 0.496 e. The molecule has 11 nitrogen and oxygen atoms in total. The number of carbonyl (C=O) groups is 3. The van der Waals surface area contributed by atoms with E-state index in [0.29, 0.717) is 18.6 Å². The topological polar surface area (TPSA) is 113 Å². The number of hydrogen-bond donors (Lipinski definition) is 1. The Morgan fingerprint density at radius 3 is 2.07 bits per heavy atom. The van der Waals surface area contributed by atoms with E-state index in [1.54, 1.807) is 50.9 Å². The maximum atomic E-state index is 13.3. The number of piperazine rings is 1. The highest BCUT2D eigenvalue weighted by molar-refractivity contribution is 6.07. The van der Waals surface area contributed by atoms with Crippen molar-refractivity contribution in [2.45, 2.75) is 72.3 Å². The zero-order valence-corrected chi connectivity index (χ0v) is 28.1. The van der Waals surface area contributed by atoms with Gasteiger partial charge in [-0.1, -0.05) is 6.07 Å². The maximum absolute atomic E-state index is 13.3. The van der Waals surface area contributed by atoms with E-state index in [1.165, 1.54) is 11.7 Å². The van der Waals surface area contributed by atoms with Crippen molar-refractivity contribution in [1.82, 2.24) is 19.4 Å². The van der Waals surface area contributed by atoms with Crippen LogP contribution in [0.5, 0.6) is 5.75 Å². The lowest BCUT2D eigenvalue weighted by Gasteiger charge is -2.37. The number of aryl methyl sites for hydroxylation is 1. The summed E-state index contributed by atoms with van der Waals surface area (Å²) in [5.41, 5.74) is 2.93. The molecule has 1 aliphatic heterocycles. The van der Waals surface area contributed by atoms with E-state index in [2.05, 4.69) is 10.2 Å². The standard InChI is InChI=1S/C35H44N4O7/c1-21-18-28(43-8)26(24-13-15-38(29(21)24)32(41)45-34(2,3)4)20-37-17-14-36-19-27(37)22-10-11-25(31(40)44-9)30-23(22)12-16-39(30)33(42)46-35(5,6)7/h10-13,15-16,18,27,36H,14,17,19-20H2,1-9H3. The number of fused-ring (bicyclic) bond motifs is 2. The summed E-state index contributed by atoms with van der Waals surface area (Å²) in [5, 5.41) is 5.17. The molecule has 5 rings (SSSR count). The minimum Gasteiger partial charge on any atom is -0.496 e. The Kier molecular flexibility index (Phi) is 8.94. The van der Waals surface area contributed by atoms with Crippen LogP contribution in [0.2, 0.25) is 0 Å². The lowest BCUT2D eigenvalue weighted by molar-refractivity contribution is 0.0531. The van der Waals surface area contributed by atoms with Gasteiger partial charge < -0.3 is 24.3 Å². The van der Waals surface area contributed by atoms with E-state index in [0.717, 1.165) is 51.8 Å². The molecule has 0 amide bonds. The van der Waals surface area contributed by atoms with Crippen molar-refractivity contribution >= 4 is 40.0 Å². The van der Waals surface area contributed by atoms with Gasteiger partial charge in [-0.25, -0.2) is 14.4 Å². The molecule has 0 saturated carbocycles. The van der Waals surface area contributed by atoms with Gasteiger partial charge in [-0.3, -0.25) is 14.0 Å². The third-order valence-electron chi connectivity index (χ3n) is 7.99. The SMILES string of the molecule is COC(=O)c1ccc(C2CNCCN2Cc2c(OC)cc(C)c3c2ccn3C(=O)OC(C)(C)C)c2ccn(C(=O)OC(C)(C)C)c12. The van der Waals surface area contributed by atoms with Crippen LogP contribution in [0.1, 0.15) is 74.6 Å². The Bertz CT molecular complexity index is 1810. The van der Waals surface area contributed by atoms with E-state index < -0.39 is 29.4 Å². The minimum atomic E-state index is -0.721. The molecular formula is C35H44N4O7. The number of ether oxygens (including phenoxy) is 4. The molecule has 1 fully saturated rings. The molecular weight excluding hydrogens is 588 g/mol. The summed E-state index contributed by atoms with van der Waals surface area (Å²) in [6.45, 7) is 15.6. The zero-order valence-electron chi connectivity index (χ0n) is 28.1. The maximum Gasteiger partial charge on any atom is 0.419 e. The lowest BCUT2D eigenvalue weighted by atomic mass is 9.96. The quantitative estimate of drug-likeness (QED) is 0.197. The van der Waals surface area contributed by atoms with Gasteiger partial charge in [0.05, 0.1) is 30.8 Å². The van der Waals surface area contributed by atoms with Gasteiger partial charge in [0.2, 0.25) is 0 Å². The van der Waals surface area contributed by atoms with Gasteiger partial charge in [0.25, 0.3) is 0 Å². The Hall–Kier alpha value is -4.35. The molecule has 1 N–H and O–H groups in total. The third-order valence-corrected chi connectivity index (χ3v) is 7.99. The summed E-state index contributed by atoms with van der Waals surface area (Å²) in [7, 11) is 2.97. The number of hydrogen-bond acceptors (Lipinski definition) is 9. The van der Waals surface area contributed by atoms with Crippen LogP contribution in [0.25, 0.3) is 21.8 Å². The van der Waals surface area contributed by atoms with Gasteiger partial charge in [0, 0.05) is 61.0 Å². The molecule has 1 aliphatic rings. The van der Waals surface area contributed by atoms with Crippen LogP contribution < -0.4 is 10.1 Å². The number of benzene rings is 2. The van der Waals surface area contributed by atoms with Gasteiger partial charge in [0.1, 0.15) is 17.0 Å². The number of carbonyl (C=O) groups excluding carboxylic acids is 3. The molecule has 11 heteroatoms. The van der Waals surface area contributed by atoms with Crippen molar-refractivity contribution in [3.8, 4) is 5.75 Å². The second-order valence-corrected chi connectivity index (χ2v) is 13.6. The number of rotatable bonds is 5. The molecule has 2 aromatic heterocycles. The van der Waals surface area contributed by atoms with Crippen LogP contribution in [0.15, 0.2) is 42.7 Å². The van der Waals surface area contributed by atoms with Crippen molar-refractivity contribution in [3.05, 3.63) is 65.0 Å². The Morgan fingerprint density at radius 2 is 1.48 bits per heavy atom. The first-order valence-electron chi connectivity index (χ1n) is 15.4.